The van der Waals surface area contributed by atoms with Crippen LogP contribution in [0.5, 0.6) is 5.75 Å². The second kappa shape index (κ2) is 6.83. The van der Waals surface area contributed by atoms with Gasteiger partial charge < -0.3 is 9.84 Å². The van der Waals surface area contributed by atoms with Gasteiger partial charge in [-0.25, -0.2) is 4.39 Å². The predicted octanol–water partition coefficient (Wildman–Crippen LogP) is 3.69. The van der Waals surface area contributed by atoms with Gasteiger partial charge in [0.15, 0.2) is 5.78 Å². The largest absolute Gasteiger partial charge is 0.490 e. The lowest BCUT2D eigenvalue weighted by Crippen LogP contribution is -2.17. The van der Waals surface area contributed by atoms with Gasteiger partial charge in [-0.1, -0.05) is 24.3 Å². The maximum Gasteiger partial charge on any atom is 0.306 e. The summed E-state index contributed by atoms with van der Waals surface area (Å²) >= 11 is 0. The summed E-state index contributed by atoms with van der Waals surface area (Å²) in [6.07, 6.45) is 1.35. The summed E-state index contributed by atoms with van der Waals surface area (Å²) in [5.41, 5.74) is 0.268. The Morgan fingerprint density at radius 2 is 1.67 bits per heavy atom. The normalized spacial score (nSPS) is 19.9. The van der Waals surface area contributed by atoms with E-state index in [1.54, 1.807) is 30.3 Å². The van der Waals surface area contributed by atoms with Gasteiger partial charge in [0, 0.05) is 0 Å². The molecule has 0 radical (unpaired) electrons. The first-order valence-corrected chi connectivity index (χ1v) is 7.84. The molecule has 3 rings (SSSR count). The number of ether oxygens (including phenoxy) is 1. The molecule has 1 saturated carbocycles. The van der Waals surface area contributed by atoms with Crippen LogP contribution in [0.15, 0.2) is 48.5 Å². The van der Waals surface area contributed by atoms with Crippen molar-refractivity contribution in [3.63, 3.8) is 0 Å². The highest BCUT2D eigenvalue weighted by molar-refractivity contribution is 6.10. The van der Waals surface area contributed by atoms with E-state index in [0.29, 0.717) is 25.0 Å². The smallest absolute Gasteiger partial charge is 0.306 e. The van der Waals surface area contributed by atoms with Crippen molar-refractivity contribution in [1.29, 1.82) is 0 Å². The van der Waals surface area contributed by atoms with Crippen LogP contribution in [-0.2, 0) is 4.79 Å². The number of rotatable bonds is 5. The van der Waals surface area contributed by atoms with E-state index in [0.717, 1.165) is 0 Å². The molecule has 2 atom stereocenters. The van der Waals surface area contributed by atoms with Gasteiger partial charge in [-0.15, -0.1) is 0 Å². The molecule has 4 nitrogen and oxygen atoms in total. The van der Waals surface area contributed by atoms with Crippen molar-refractivity contribution < 1.29 is 23.8 Å². The highest BCUT2D eigenvalue weighted by atomic mass is 19.1. The lowest BCUT2D eigenvalue weighted by Gasteiger charge is -2.16. The monoisotopic (exact) mass is 328 g/mol. The second-order valence-electron chi connectivity index (χ2n) is 5.89. The fraction of sp³-hybridized carbons (Fsp3) is 0.263. The highest BCUT2D eigenvalue weighted by Gasteiger charge is 2.31. The van der Waals surface area contributed by atoms with Gasteiger partial charge >= 0.3 is 5.97 Å². The zero-order valence-electron chi connectivity index (χ0n) is 12.9. The summed E-state index contributed by atoms with van der Waals surface area (Å²) in [5.74, 6) is -1.90. The molecule has 1 N–H and O–H groups in total. The van der Waals surface area contributed by atoms with Gasteiger partial charge in [-0.2, -0.15) is 0 Å². The van der Waals surface area contributed by atoms with Crippen LogP contribution < -0.4 is 4.74 Å². The van der Waals surface area contributed by atoms with E-state index in [1.165, 1.54) is 18.2 Å². The van der Waals surface area contributed by atoms with E-state index in [-0.39, 0.29) is 17.2 Å². The zero-order chi connectivity index (χ0) is 17.1. The summed E-state index contributed by atoms with van der Waals surface area (Å²) in [6.45, 7) is 0. The Bertz CT molecular complexity index is 771. The summed E-state index contributed by atoms with van der Waals surface area (Å²) in [4.78, 5) is 23.7. The number of carbonyl (C=O) groups is 2. The second-order valence-corrected chi connectivity index (χ2v) is 5.89. The fourth-order valence-corrected chi connectivity index (χ4v) is 3.00. The van der Waals surface area contributed by atoms with Gasteiger partial charge in [0.05, 0.1) is 23.1 Å². The lowest BCUT2D eigenvalue weighted by molar-refractivity contribution is -0.141. The van der Waals surface area contributed by atoms with E-state index in [2.05, 4.69) is 0 Å². The van der Waals surface area contributed by atoms with Gasteiger partial charge in [0.25, 0.3) is 0 Å². The number of ketones is 1. The van der Waals surface area contributed by atoms with Crippen LogP contribution in [-0.4, -0.2) is 23.0 Å². The van der Waals surface area contributed by atoms with E-state index >= 15 is 0 Å². The Hall–Kier alpha value is -2.69. The van der Waals surface area contributed by atoms with Gasteiger partial charge in [0.2, 0.25) is 0 Å². The summed E-state index contributed by atoms with van der Waals surface area (Å²) in [7, 11) is 0. The number of hydrogen-bond donors (Lipinski definition) is 1. The fourth-order valence-electron chi connectivity index (χ4n) is 3.00. The van der Waals surface area contributed by atoms with Crippen LogP contribution in [0.4, 0.5) is 4.39 Å². The zero-order valence-corrected chi connectivity index (χ0v) is 12.9. The van der Waals surface area contributed by atoms with Crippen LogP contribution in [0, 0.1) is 11.7 Å². The number of para-hydroxylation sites is 1. The Morgan fingerprint density at radius 3 is 2.33 bits per heavy atom. The van der Waals surface area contributed by atoms with Gasteiger partial charge in [-0.05, 0) is 43.5 Å². The van der Waals surface area contributed by atoms with Crippen LogP contribution in [0.1, 0.15) is 35.2 Å². The minimum atomic E-state index is -0.822. The van der Waals surface area contributed by atoms with E-state index in [4.69, 9.17) is 9.84 Å². The molecule has 0 amide bonds. The number of benzene rings is 2. The number of aliphatic carboxylic acids is 1. The van der Waals surface area contributed by atoms with E-state index in [1.807, 2.05) is 0 Å². The molecule has 1 aliphatic rings. The molecular weight excluding hydrogens is 311 g/mol. The first-order chi connectivity index (χ1) is 11.6. The average Bonchev–Trinajstić information content (AvgIpc) is 3.04. The van der Waals surface area contributed by atoms with Crippen molar-refractivity contribution in [2.45, 2.75) is 25.4 Å². The maximum absolute atomic E-state index is 13.9. The molecule has 0 aliphatic heterocycles. The van der Waals surface area contributed by atoms with E-state index in [9.17, 15) is 14.0 Å². The molecule has 0 saturated heterocycles. The molecule has 2 aromatic carbocycles. The molecule has 1 fully saturated rings. The Labute approximate surface area is 138 Å². The molecule has 0 heterocycles. The number of carboxylic acids is 1. The third-order valence-electron chi connectivity index (χ3n) is 4.28. The Morgan fingerprint density at radius 1 is 1.00 bits per heavy atom. The molecule has 124 valence electrons. The molecule has 0 bridgehead atoms. The van der Waals surface area contributed by atoms with Crippen molar-refractivity contribution >= 4 is 11.8 Å². The first kappa shape index (κ1) is 16.2. The minimum absolute atomic E-state index is 0.0108. The molecule has 2 aromatic rings. The Kier molecular flexibility index (Phi) is 4.60. The number of halogens is 1. The van der Waals surface area contributed by atoms with Crippen molar-refractivity contribution in [3.05, 3.63) is 65.5 Å². The number of carbonyl (C=O) groups excluding carboxylic acids is 1. The van der Waals surface area contributed by atoms with E-state index < -0.39 is 23.5 Å². The van der Waals surface area contributed by atoms with Crippen molar-refractivity contribution in [2.24, 2.45) is 5.92 Å². The minimum Gasteiger partial charge on any atom is -0.490 e. The SMILES string of the molecule is O=C(c1ccccc1F)c1ccccc1O[C@H]1CC[C@H](C(=O)O)C1. The standard InChI is InChI=1S/C19H17FO4/c20-16-7-3-1-5-14(16)18(21)15-6-2-4-8-17(15)24-13-10-9-12(11-13)19(22)23/h1-8,12-13H,9-11H2,(H,22,23)/t12-,13-/m0/s1. The predicted molar refractivity (Wildman–Crippen MR) is 85.7 cm³/mol. The topological polar surface area (TPSA) is 63.6 Å². The average molecular weight is 328 g/mol. The third kappa shape index (κ3) is 3.30. The van der Waals surface area contributed by atoms with Gasteiger partial charge in [0.1, 0.15) is 11.6 Å². The van der Waals surface area contributed by atoms with Crippen LogP contribution >= 0.6 is 0 Å². The molecular formula is C19H17FO4. The Balaban J connectivity index is 1.83. The molecule has 0 spiro atoms. The quantitative estimate of drug-likeness (QED) is 0.850. The molecule has 0 unspecified atom stereocenters. The molecule has 24 heavy (non-hydrogen) atoms. The molecule has 0 aromatic heterocycles. The van der Waals surface area contributed by atoms with Crippen LogP contribution in [0.25, 0.3) is 0 Å². The van der Waals surface area contributed by atoms with Crippen LogP contribution in [0.3, 0.4) is 0 Å². The summed E-state index contributed by atoms with van der Waals surface area (Å²) in [5, 5.41) is 9.07. The summed E-state index contributed by atoms with van der Waals surface area (Å²) in [6, 6.07) is 12.5. The maximum atomic E-state index is 13.9. The van der Waals surface area contributed by atoms with Crippen molar-refractivity contribution in [2.75, 3.05) is 0 Å². The highest BCUT2D eigenvalue weighted by Crippen LogP contribution is 2.31. The number of carboxylic acid groups (broad SMARTS) is 1. The lowest BCUT2D eigenvalue weighted by atomic mass is 10.0. The first-order valence-electron chi connectivity index (χ1n) is 7.84. The van der Waals surface area contributed by atoms with Crippen LogP contribution in [0.2, 0.25) is 0 Å². The van der Waals surface area contributed by atoms with Gasteiger partial charge in [-0.3, -0.25) is 9.59 Å². The number of hydrogen-bond acceptors (Lipinski definition) is 3. The molecule has 5 heteroatoms. The third-order valence-corrected chi connectivity index (χ3v) is 4.28. The summed E-state index contributed by atoms with van der Waals surface area (Å²) < 4.78 is 19.7. The van der Waals surface area contributed by atoms with Crippen molar-refractivity contribution in [1.82, 2.24) is 0 Å². The molecule has 1 aliphatic carbocycles. The van der Waals surface area contributed by atoms with Crippen molar-refractivity contribution in [3.8, 4) is 5.75 Å².